The van der Waals surface area contributed by atoms with Gasteiger partial charge in [-0.15, -0.1) is 11.3 Å². The van der Waals surface area contributed by atoms with Gasteiger partial charge >= 0.3 is 51.8 Å². The van der Waals surface area contributed by atoms with E-state index in [9.17, 15) is 27.6 Å². The molecular weight excluding hydrogens is 473 g/mol. The van der Waals surface area contributed by atoms with E-state index in [2.05, 4.69) is 24.9 Å². The number of esters is 2. The number of nitrogen functional groups attached to an aromatic ring is 1. The summed E-state index contributed by atoms with van der Waals surface area (Å²) in [5.74, 6) is -4.43. The minimum absolute atomic E-state index is 0. The summed E-state index contributed by atoms with van der Waals surface area (Å²) in [6.45, 7) is -0.656. The molecule has 31 heavy (non-hydrogen) atoms. The summed E-state index contributed by atoms with van der Waals surface area (Å²) in [7, 11) is -3.07. The van der Waals surface area contributed by atoms with E-state index < -0.39 is 58.5 Å². The Morgan fingerprint density at radius 2 is 2.00 bits per heavy atom. The van der Waals surface area contributed by atoms with Gasteiger partial charge in [0, 0.05) is 5.38 Å². The molecule has 2 atom stereocenters. The van der Waals surface area contributed by atoms with Crippen molar-refractivity contribution in [2.45, 2.75) is 12.1 Å². The van der Waals surface area contributed by atoms with E-state index in [1.807, 2.05) is 0 Å². The fraction of sp³-hybridized carbons (Fsp3) is 0.385. The molecule has 2 rings (SSSR count). The molecule has 2 unspecified atom stereocenters. The SMILES string of the molecule is COC(=O)CO/N=C(\C(=O)NC1C(=O)N(S(=O)(=O)O)C1C(=O)OC)c1csc(N)n1.[NaH]. The Kier molecular flexibility index (Phi) is 9.33. The van der Waals surface area contributed by atoms with Crippen LogP contribution in [0.2, 0.25) is 0 Å². The van der Waals surface area contributed by atoms with Crippen LogP contribution >= 0.6 is 11.3 Å². The van der Waals surface area contributed by atoms with Crippen LogP contribution in [0.5, 0.6) is 0 Å². The molecule has 2 heterocycles. The number of ether oxygens (including phenoxy) is 2. The molecule has 4 N–H and O–H groups in total. The van der Waals surface area contributed by atoms with E-state index in [4.69, 9.17) is 15.1 Å². The topological polar surface area (TPSA) is 217 Å². The van der Waals surface area contributed by atoms with Gasteiger partial charge in [-0.3, -0.25) is 14.1 Å². The Labute approximate surface area is 201 Å². The van der Waals surface area contributed by atoms with Crippen molar-refractivity contribution in [1.29, 1.82) is 0 Å². The molecule has 0 saturated carbocycles. The Hall–Kier alpha value is -2.31. The van der Waals surface area contributed by atoms with Gasteiger partial charge in [0.15, 0.2) is 16.9 Å². The molecule has 0 radical (unpaired) electrons. The Bertz CT molecular complexity index is 1010. The van der Waals surface area contributed by atoms with Crippen LogP contribution in [-0.4, -0.2) is 114 Å². The first-order chi connectivity index (χ1) is 14.0. The summed E-state index contributed by atoms with van der Waals surface area (Å²) in [4.78, 5) is 56.2. The Balaban J connectivity index is 0.00000480. The number of β-lactam (4-membered cyclic amide) rings is 1. The second kappa shape index (κ2) is 10.8. The van der Waals surface area contributed by atoms with Gasteiger partial charge in [0.05, 0.1) is 14.2 Å². The number of nitrogens with zero attached hydrogens (tertiary/aromatic N) is 3. The maximum absolute atomic E-state index is 12.6. The predicted octanol–water partition coefficient (Wildman–Crippen LogP) is -3.36. The number of nitrogens with two attached hydrogens (primary N) is 1. The molecule has 1 saturated heterocycles. The van der Waals surface area contributed by atoms with E-state index >= 15 is 0 Å². The molecule has 0 aliphatic carbocycles. The fourth-order valence-electron chi connectivity index (χ4n) is 2.23. The van der Waals surface area contributed by atoms with Crippen molar-refractivity contribution in [2.24, 2.45) is 5.16 Å². The van der Waals surface area contributed by atoms with Crippen LogP contribution in [0.3, 0.4) is 0 Å². The van der Waals surface area contributed by atoms with Crippen LogP contribution in [0.4, 0.5) is 5.13 Å². The zero-order chi connectivity index (χ0) is 22.6. The molecule has 2 amide bonds. The zero-order valence-electron chi connectivity index (χ0n) is 15.3. The van der Waals surface area contributed by atoms with Crippen LogP contribution in [0.15, 0.2) is 10.5 Å². The molecule has 18 heteroatoms. The van der Waals surface area contributed by atoms with Gasteiger partial charge in [-0.2, -0.15) is 12.7 Å². The normalized spacial score (nSPS) is 18.4. The summed E-state index contributed by atoms with van der Waals surface area (Å²) in [6.07, 6.45) is 0. The van der Waals surface area contributed by atoms with E-state index in [0.717, 1.165) is 25.6 Å². The predicted molar refractivity (Wildman–Crippen MR) is 104 cm³/mol. The van der Waals surface area contributed by atoms with Gasteiger partial charge in [-0.25, -0.2) is 14.6 Å². The van der Waals surface area contributed by atoms with Crippen LogP contribution < -0.4 is 11.1 Å². The van der Waals surface area contributed by atoms with Gasteiger partial charge in [-0.1, -0.05) is 5.16 Å². The first-order valence-corrected chi connectivity index (χ1v) is 9.96. The Morgan fingerprint density at radius 1 is 1.35 bits per heavy atom. The van der Waals surface area contributed by atoms with Crippen molar-refractivity contribution >= 4 is 85.8 Å². The molecule has 0 bridgehead atoms. The number of hydrogen-bond acceptors (Lipinski definition) is 13. The molecule has 1 aromatic rings. The summed E-state index contributed by atoms with van der Waals surface area (Å²) in [5, 5.41) is 6.94. The van der Waals surface area contributed by atoms with E-state index in [1.165, 1.54) is 5.38 Å². The number of carbonyl (C=O) groups excluding carboxylic acids is 4. The number of nitrogens with one attached hydrogen (secondary N) is 1. The van der Waals surface area contributed by atoms with Gasteiger partial charge in [0.25, 0.3) is 11.8 Å². The number of aromatic nitrogens is 1. The third-order valence-corrected chi connectivity index (χ3v) is 5.15. The third-order valence-electron chi connectivity index (χ3n) is 3.58. The first-order valence-electron chi connectivity index (χ1n) is 7.68. The van der Waals surface area contributed by atoms with Crippen LogP contribution in [0, 0.1) is 0 Å². The first kappa shape index (κ1) is 26.7. The Morgan fingerprint density at radius 3 is 2.48 bits per heavy atom. The van der Waals surface area contributed by atoms with Crippen molar-refractivity contribution in [1.82, 2.24) is 14.6 Å². The average Bonchev–Trinajstić information content (AvgIpc) is 3.10. The zero-order valence-corrected chi connectivity index (χ0v) is 16.9. The minimum atomic E-state index is -5.09. The standard InChI is InChI=1S/C13H15N5O10S2.Na.H/c1-26-6(19)3-28-17-7(5-4-29-13(14)15-5)10(20)16-8-9(12(22)27-2)18(11(8)21)30(23,24)25;;/h4,8-9H,3H2,1-2H3,(H2,14,15)(H,16,20)(H,23,24,25);;/b17-7-;;. The summed E-state index contributed by atoms with van der Waals surface area (Å²) >= 11 is 0.943. The van der Waals surface area contributed by atoms with Crippen molar-refractivity contribution in [2.75, 3.05) is 26.6 Å². The number of rotatable bonds is 8. The van der Waals surface area contributed by atoms with Crippen molar-refractivity contribution < 1.29 is 46.5 Å². The van der Waals surface area contributed by atoms with E-state index in [1.54, 1.807) is 0 Å². The maximum atomic E-state index is 12.6. The summed E-state index contributed by atoms with van der Waals surface area (Å²) < 4.78 is 40.3. The summed E-state index contributed by atoms with van der Waals surface area (Å²) in [6, 6.07) is -3.55. The molecule has 0 spiro atoms. The number of amides is 2. The quantitative estimate of drug-likeness (QED) is 0.0814. The van der Waals surface area contributed by atoms with Crippen LogP contribution in [0.25, 0.3) is 0 Å². The molecule has 1 aromatic heterocycles. The van der Waals surface area contributed by atoms with Crippen LogP contribution in [0.1, 0.15) is 5.69 Å². The van der Waals surface area contributed by atoms with Crippen molar-refractivity contribution in [3.8, 4) is 0 Å². The molecule has 15 nitrogen and oxygen atoms in total. The summed E-state index contributed by atoms with van der Waals surface area (Å²) in [5.41, 5.74) is 4.89. The molecule has 166 valence electrons. The monoisotopic (exact) mass is 489 g/mol. The second-order valence-electron chi connectivity index (χ2n) is 5.39. The number of thiazole rings is 1. The van der Waals surface area contributed by atoms with Gasteiger partial charge in [0.2, 0.25) is 6.61 Å². The number of oxime groups is 1. The van der Waals surface area contributed by atoms with E-state index in [-0.39, 0.29) is 44.7 Å². The number of hydrogen-bond donors (Lipinski definition) is 3. The molecule has 1 aliphatic heterocycles. The van der Waals surface area contributed by atoms with Crippen molar-refractivity contribution in [3.63, 3.8) is 0 Å². The third kappa shape index (κ3) is 6.11. The van der Waals surface area contributed by atoms with Gasteiger partial charge in [0.1, 0.15) is 11.7 Å². The van der Waals surface area contributed by atoms with Gasteiger partial charge < -0.3 is 25.4 Å². The van der Waals surface area contributed by atoms with Crippen LogP contribution in [-0.2, 0) is 43.8 Å². The average molecular weight is 489 g/mol. The van der Waals surface area contributed by atoms with E-state index in [0.29, 0.717) is 0 Å². The van der Waals surface area contributed by atoms with Crippen molar-refractivity contribution in [3.05, 3.63) is 11.1 Å². The second-order valence-corrected chi connectivity index (χ2v) is 7.57. The number of carbonyl (C=O) groups is 4. The molecule has 1 aliphatic rings. The fourth-order valence-corrected chi connectivity index (χ4v) is 3.62. The molecule has 0 aromatic carbocycles. The molecular formula is C13H16N5NaO10S2. The number of anilines is 1. The number of methoxy groups -OCH3 is 2. The molecule has 1 fully saturated rings. The van der Waals surface area contributed by atoms with Gasteiger partial charge in [-0.05, 0) is 0 Å².